The van der Waals surface area contributed by atoms with E-state index in [1.54, 1.807) is 37.3 Å². The average molecular weight is 303 g/mol. The predicted octanol–water partition coefficient (Wildman–Crippen LogP) is 4.08. The van der Waals surface area contributed by atoms with E-state index in [0.717, 1.165) is 5.56 Å². The Labute approximate surface area is 128 Å². The number of rotatable bonds is 6. The lowest BCUT2D eigenvalue weighted by Gasteiger charge is -2.11. The smallest absolute Gasteiger partial charge is 0.232 e. The van der Waals surface area contributed by atoms with E-state index >= 15 is 0 Å². The molecule has 4 heteroatoms. The molecule has 0 atom stereocenters. The molecule has 0 fully saturated rings. The van der Waals surface area contributed by atoms with Crippen LogP contribution in [0.2, 0.25) is 5.02 Å². The van der Waals surface area contributed by atoms with Gasteiger partial charge in [0.05, 0.1) is 5.56 Å². The number of carbonyl (C=O) groups is 2. The molecule has 0 aromatic heterocycles. The van der Waals surface area contributed by atoms with Gasteiger partial charge in [0.15, 0.2) is 0 Å². The Hall–Kier alpha value is -2.13. The third-order valence-corrected chi connectivity index (χ3v) is 3.42. The van der Waals surface area contributed by atoms with Crippen LogP contribution < -0.4 is 4.74 Å². The van der Waals surface area contributed by atoms with Crippen molar-refractivity contribution in [3.05, 3.63) is 64.7 Å². The largest absolute Gasteiger partial charge is 0.488 e. The van der Waals surface area contributed by atoms with Crippen molar-refractivity contribution in [2.24, 2.45) is 0 Å². The summed E-state index contributed by atoms with van der Waals surface area (Å²) in [4.78, 5) is 23.6. The minimum Gasteiger partial charge on any atom is -0.488 e. The van der Waals surface area contributed by atoms with Gasteiger partial charge >= 0.3 is 0 Å². The minimum absolute atomic E-state index is 0.178. The summed E-state index contributed by atoms with van der Waals surface area (Å²) in [6.07, 6.45) is 0.178. The SMILES string of the molecule is CCC(=O)C(=O)c1ccccc1OCc1ccccc1Cl. The first-order chi connectivity index (χ1) is 10.1. The lowest BCUT2D eigenvalue weighted by Crippen LogP contribution is -2.14. The molecule has 0 unspecified atom stereocenters. The molecule has 0 N–H and O–H groups in total. The van der Waals surface area contributed by atoms with Crippen LogP contribution in [0.15, 0.2) is 48.5 Å². The van der Waals surface area contributed by atoms with Crippen molar-refractivity contribution in [2.45, 2.75) is 20.0 Å². The zero-order chi connectivity index (χ0) is 15.2. The van der Waals surface area contributed by atoms with Gasteiger partial charge in [-0.15, -0.1) is 0 Å². The van der Waals surface area contributed by atoms with Gasteiger partial charge in [0.1, 0.15) is 12.4 Å². The number of Topliss-reactive ketones (excluding diaryl/α,β-unsaturated/α-hetero) is 2. The second kappa shape index (κ2) is 7.04. The number of carbonyl (C=O) groups excluding carboxylic acids is 2. The quantitative estimate of drug-likeness (QED) is 0.596. The summed E-state index contributed by atoms with van der Waals surface area (Å²) in [7, 11) is 0. The van der Waals surface area contributed by atoms with Crippen molar-refractivity contribution in [3.63, 3.8) is 0 Å². The number of ketones is 2. The summed E-state index contributed by atoms with van der Waals surface area (Å²) in [6, 6.07) is 14.1. The summed E-state index contributed by atoms with van der Waals surface area (Å²) in [6.45, 7) is 1.90. The van der Waals surface area contributed by atoms with Crippen molar-refractivity contribution in [1.82, 2.24) is 0 Å². The normalized spacial score (nSPS) is 10.2. The molecule has 0 saturated carbocycles. The Morgan fingerprint density at radius 2 is 1.71 bits per heavy atom. The van der Waals surface area contributed by atoms with E-state index in [1.165, 1.54) is 0 Å². The maximum absolute atomic E-state index is 12.0. The van der Waals surface area contributed by atoms with E-state index in [4.69, 9.17) is 16.3 Å². The van der Waals surface area contributed by atoms with Gasteiger partial charge in [-0.05, 0) is 18.2 Å². The molecule has 21 heavy (non-hydrogen) atoms. The molecule has 0 amide bonds. The van der Waals surface area contributed by atoms with Gasteiger partial charge < -0.3 is 4.74 Å². The van der Waals surface area contributed by atoms with Crippen molar-refractivity contribution in [3.8, 4) is 5.75 Å². The van der Waals surface area contributed by atoms with Crippen LogP contribution in [0, 0.1) is 0 Å². The van der Waals surface area contributed by atoms with Crippen LogP contribution in [0.4, 0.5) is 0 Å². The third-order valence-electron chi connectivity index (χ3n) is 3.05. The molecule has 0 bridgehead atoms. The fourth-order valence-electron chi connectivity index (χ4n) is 1.86. The first-order valence-electron chi connectivity index (χ1n) is 6.66. The highest BCUT2D eigenvalue weighted by atomic mass is 35.5. The average Bonchev–Trinajstić information content (AvgIpc) is 2.53. The Morgan fingerprint density at radius 1 is 1.05 bits per heavy atom. The molecular weight excluding hydrogens is 288 g/mol. The maximum Gasteiger partial charge on any atom is 0.232 e. The lowest BCUT2D eigenvalue weighted by atomic mass is 10.0. The molecule has 0 spiro atoms. The topological polar surface area (TPSA) is 43.4 Å². The van der Waals surface area contributed by atoms with E-state index in [-0.39, 0.29) is 18.6 Å². The molecular formula is C17H15ClO3. The summed E-state index contributed by atoms with van der Waals surface area (Å²) < 4.78 is 5.66. The number of halogens is 1. The number of para-hydroxylation sites is 1. The van der Waals surface area contributed by atoms with Crippen LogP contribution in [-0.4, -0.2) is 11.6 Å². The van der Waals surface area contributed by atoms with Gasteiger partial charge in [-0.3, -0.25) is 9.59 Å². The van der Waals surface area contributed by atoms with Crippen LogP contribution in [0.25, 0.3) is 0 Å². The third kappa shape index (κ3) is 3.70. The van der Waals surface area contributed by atoms with Crippen LogP contribution in [-0.2, 0) is 11.4 Å². The standard InChI is InChI=1S/C17H15ClO3/c1-2-15(19)17(20)13-8-4-6-10-16(13)21-11-12-7-3-5-9-14(12)18/h3-10H,2,11H2,1H3. The van der Waals surface area contributed by atoms with Gasteiger partial charge in [0, 0.05) is 17.0 Å². The molecule has 0 heterocycles. The summed E-state index contributed by atoms with van der Waals surface area (Å²) >= 11 is 6.06. The lowest BCUT2D eigenvalue weighted by molar-refractivity contribution is -0.114. The molecule has 0 aliphatic carbocycles. The van der Waals surface area contributed by atoms with E-state index < -0.39 is 11.6 Å². The Balaban J connectivity index is 2.19. The summed E-state index contributed by atoms with van der Waals surface area (Å²) in [5.41, 5.74) is 1.11. The van der Waals surface area contributed by atoms with Crippen molar-refractivity contribution in [2.75, 3.05) is 0 Å². The number of hydrogen-bond donors (Lipinski definition) is 0. The van der Waals surface area contributed by atoms with Gasteiger partial charge in [0.25, 0.3) is 0 Å². The first-order valence-corrected chi connectivity index (χ1v) is 7.04. The second-order valence-corrected chi connectivity index (χ2v) is 4.89. The summed E-state index contributed by atoms with van der Waals surface area (Å²) in [5.74, 6) is -0.555. The molecule has 0 saturated heterocycles. The Bertz CT molecular complexity index is 665. The Kier molecular flexibility index (Phi) is 5.12. The molecule has 0 aliphatic heterocycles. The van der Waals surface area contributed by atoms with Gasteiger partial charge in [-0.2, -0.15) is 0 Å². The zero-order valence-electron chi connectivity index (χ0n) is 11.6. The highest BCUT2D eigenvalue weighted by molar-refractivity contribution is 6.44. The van der Waals surface area contributed by atoms with E-state index in [9.17, 15) is 9.59 Å². The molecule has 0 aliphatic rings. The highest BCUT2D eigenvalue weighted by Gasteiger charge is 2.18. The highest BCUT2D eigenvalue weighted by Crippen LogP contribution is 2.22. The minimum atomic E-state index is -0.521. The van der Waals surface area contributed by atoms with Crippen molar-refractivity contribution < 1.29 is 14.3 Å². The molecule has 2 aromatic carbocycles. The van der Waals surface area contributed by atoms with Crippen LogP contribution >= 0.6 is 11.6 Å². The van der Waals surface area contributed by atoms with Gasteiger partial charge in [0.2, 0.25) is 11.6 Å². The number of ether oxygens (including phenoxy) is 1. The molecule has 0 radical (unpaired) electrons. The second-order valence-electron chi connectivity index (χ2n) is 4.48. The monoisotopic (exact) mass is 302 g/mol. The molecule has 2 aromatic rings. The fourth-order valence-corrected chi connectivity index (χ4v) is 2.05. The van der Waals surface area contributed by atoms with Gasteiger partial charge in [-0.25, -0.2) is 0 Å². The van der Waals surface area contributed by atoms with E-state index in [2.05, 4.69) is 0 Å². The van der Waals surface area contributed by atoms with E-state index in [0.29, 0.717) is 10.8 Å². The molecule has 3 nitrogen and oxygen atoms in total. The first kappa shape index (κ1) is 15.3. The predicted molar refractivity (Wildman–Crippen MR) is 81.9 cm³/mol. The number of benzene rings is 2. The van der Waals surface area contributed by atoms with Crippen LogP contribution in [0.1, 0.15) is 29.3 Å². The zero-order valence-corrected chi connectivity index (χ0v) is 12.4. The van der Waals surface area contributed by atoms with Crippen LogP contribution in [0.3, 0.4) is 0 Å². The van der Waals surface area contributed by atoms with E-state index in [1.807, 2.05) is 18.2 Å². The Morgan fingerprint density at radius 3 is 2.43 bits per heavy atom. The molecule has 2 rings (SSSR count). The van der Waals surface area contributed by atoms with Crippen molar-refractivity contribution in [1.29, 1.82) is 0 Å². The number of hydrogen-bond acceptors (Lipinski definition) is 3. The van der Waals surface area contributed by atoms with Crippen LogP contribution in [0.5, 0.6) is 5.75 Å². The molecule has 108 valence electrons. The van der Waals surface area contributed by atoms with Gasteiger partial charge in [-0.1, -0.05) is 48.9 Å². The fraction of sp³-hybridized carbons (Fsp3) is 0.176. The maximum atomic E-state index is 12.0. The summed E-state index contributed by atoms with van der Waals surface area (Å²) in [5, 5.41) is 0.603. The van der Waals surface area contributed by atoms with Crippen molar-refractivity contribution >= 4 is 23.2 Å².